The predicted molar refractivity (Wildman–Crippen MR) is 53.4 cm³/mol. The quantitative estimate of drug-likeness (QED) is 0.730. The Kier molecular flexibility index (Phi) is 2.39. The molecule has 2 aliphatic rings. The number of hydrogen-bond donors (Lipinski definition) is 1. The fraction of sp³-hybridized carbons (Fsp3) is 1.00. The molecule has 2 fully saturated rings. The molecule has 2 atom stereocenters. The van der Waals surface area contributed by atoms with E-state index >= 15 is 0 Å². The zero-order valence-electron chi connectivity index (χ0n) is 7.75. The highest BCUT2D eigenvalue weighted by Crippen LogP contribution is 2.42. The summed E-state index contributed by atoms with van der Waals surface area (Å²) in [4.78, 5) is 0. The highest BCUT2D eigenvalue weighted by molar-refractivity contribution is 8.00. The summed E-state index contributed by atoms with van der Waals surface area (Å²) in [7, 11) is 0. The van der Waals surface area contributed by atoms with E-state index in [1.54, 1.807) is 0 Å². The van der Waals surface area contributed by atoms with Crippen molar-refractivity contribution in [2.75, 3.05) is 5.75 Å². The van der Waals surface area contributed by atoms with Gasteiger partial charge in [0.05, 0.1) is 5.60 Å². The maximum Gasteiger partial charge on any atom is 0.0771 e. The molecule has 1 saturated heterocycles. The normalized spacial score (nSPS) is 42.0. The molecule has 0 aromatic heterocycles. The summed E-state index contributed by atoms with van der Waals surface area (Å²) in [6.07, 6.45) is 6.16. The minimum Gasteiger partial charge on any atom is -0.389 e. The Balaban J connectivity index is 1.82. The van der Waals surface area contributed by atoms with E-state index in [9.17, 15) is 5.11 Å². The van der Waals surface area contributed by atoms with Gasteiger partial charge in [-0.05, 0) is 30.9 Å². The Morgan fingerprint density at radius 3 is 2.75 bits per heavy atom. The predicted octanol–water partition coefficient (Wildman–Crippen LogP) is 2.43. The lowest BCUT2D eigenvalue weighted by Crippen LogP contribution is -2.34. The standard InChI is InChI=1S/C10H18OS/c1-8-10(11,6-7-12-8)5-4-9-2-3-9/h8-9,11H,2-7H2,1H3. The van der Waals surface area contributed by atoms with Gasteiger partial charge in [-0.2, -0.15) is 11.8 Å². The van der Waals surface area contributed by atoms with E-state index in [4.69, 9.17) is 0 Å². The van der Waals surface area contributed by atoms with Crippen LogP contribution < -0.4 is 0 Å². The van der Waals surface area contributed by atoms with Gasteiger partial charge in [-0.25, -0.2) is 0 Å². The molecule has 0 amide bonds. The van der Waals surface area contributed by atoms with Gasteiger partial charge in [-0.3, -0.25) is 0 Å². The third-order valence-electron chi connectivity index (χ3n) is 3.34. The summed E-state index contributed by atoms with van der Waals surface area (Å²) in [5, 5.41) is 10.7. The second-order valence-corrected chi connectivity index (χ2v) is 5.80. The van der Waals surface area contributed by atoms with Crippen LogP contribution >= 0.6 is 11.8 Å². The minimum absolute atomic E-state index is 0.312. The second-order valence-electron chi connectivity index (χ2n) is 4.35. The molecule has 12 heavy (non-hydrogen) atoms. The molecule has 1 saturated carbocycles. The maximum absolute atomic E-state index is 10.2. The van der Waals surface area contributed by atoms with E-state index in [1.807, 2.05) is 11.8 Å². The van der Waals surface area contributed by atoms with Gasteiger partial charge < -0.3 is 5.11 Å². The van der Waals surface area contributed by atoms with Crippen molar-refractivity contribution < 1.29 is 5.11 Å². The van der Waals surface area contributed by atoms with Gasteiger partial charge in [0.1, 0.15) is 0 Å². The highest BCUT2D eigenvalue weighted by Gasteiger charge is 2.39. The van der Waals surface area contributed by atoms with Gasteiger partial charge in [-0.15, -0.1) is 0 Å². The summed E-state index contributed by atoms with van der Waals surface area (Å²) >= 11 is 1.93. The van der Waals surface area contributed by atoms with Crippen LogP contribution in [0.25, 0.3) is 0 Å². The van der Waals surface area contributed by atoms with Crippen LogP contribution in [0.5, 0.6) is 0 Å². The number of thioether (sulfide) groups is 1. The van der Waals surface area contributed by atoms with E-state index < -0.39 is 0 Å². The van der Waals surface area contributed by atoms with Gasteiger partial charge in [0, 0.05) is 5.25 Å². The molecule has 1 aliphatic carbocycles. The van der Waals surface area contributed by atoms with Gasteiger partial charge >= 0.3 is 0 Å². The zero-order chi connectivity index (χ0) is 8.60. The van der Waals surface area contributed by atoms with E-state index in [1.165, 1.54) is 19.3 Å². The van der Waals surface area contributed by atoms with E-state index in [-0.39, 0.29) is 5.60 Å². The summed E-state index contributed by atoms with van der Waals surface area (Å²) in [5.41, 5.74) is -0.312. The first-order chi connectivity index (χ1) is 5.71. The molecule has 0 aromatic carbocycles. The Morgan fingerprint density at radius 2 is 2.25 bits per heavy atom. The van der Waals surface area contributed by atoms with Gasteiger partial charge in [-0.1, -0.05) is 19.8 Å². The van der Waals surface area contributed by atoms with E-state index in [0.717, 1.165) is 24.5 Å². The van der Waals surface area contributed by atoms with Crippen molar-refractivity contribution in [3.63, 3.8) is 0 Å². The monoisotopic (exact) mass is 186 g/mol. The average molecular weight is 186 g/mol. The lowest BCUT2D eigenvalue weighted by atomic mass is 9.91. The number of aliphatic hydroxyl groups is 1. The third-order valence-corrected chi connectivity index (χ3v) is 4.72. The lowest BCUT2D eigenvalue weighted by molar-refractivity contribution is 0.0337. The number of hydrogen-bond acceptors (Lipinski definition) is 2. The Hall–Kier alpha value is 0.310. The molecule has 2 heteroatoms. The summed E-state index contributed by atoms with van der Waals surface area (Å²) in [6, 6.07) is 0. The van der Waals surface area contributed by atoms with Crippen molar-refractivity contribution in [3.05, 3.63) is 0 Å². The molecule has 0 radical (unpaired) electrons. The van der Waals surface area contributed by atoms with Crippen LogP contribution in [0.4, 0.5) is 0 Å². The van der Waals surface area contributed by atoms with Crippen LogP contribution in [0.2, 0.25) is 0 Å². The molecule has 2 unspecified atom stereocenters. The van der Waals surface area contributed by atoms with Crippen molar-refractivity contribution in [2.45, 2.75) is 49.9 Å². The maximum atomic E-state index is 10.2. The smallest absolute Gasteiger partial charge is 0.0771 e. The van der Waals surface area contributed by atoms with E-state index in [0.29, 0.717) is 5.25 Å². The van der Waals surface area contributed by atoms with Crippen molar-refractivity contribution >= 4 is 11.8 Å². The average Bonchev–Trinajstić information content (AvgIpc) is 2.79. The first-order valence-electron chi connectivity index (χ1n) is 5.05. The SMILES string of the molecule is CC1SCCC1(O)CCC1CC1. The molecule has 2 rings (SSSR count). The van der Waals surface area contributed by atoms with Crippen LogP contribution in [0.1, 0.15) is 39.0 Å². The van der Waals surface area contributed by atoms with Crippen LogP contribution in [-0.4, -0.2) is 21.7 Å². The first-order valence-corrected chi connectivity index (χ1v) is 6.09. The molecule has 1 nitrogen and oxygen atoms in total. The Morgan fingerprint density at radius 1 is 1.50 bits per heavy atom. The summed E-state index contributed by atoms with van der Waals surface area (Å²) in [6.45, 7) is 2.17. The fourth-order valence-electron chi connectivity index (χ4n) is 1.96. The van der Waals surface area contributed by atoms with Crippen molar-refractivity contribution in [2.24, 2.45) is 5.92 Å². The summed E-state index contributed by atoms with van der Waals surface area (Å²) in [5.74, 6) is 2.12. The minimum atomic E-state index is -0.312. The zero-order valence-corrected chi connectivity index (χ0v) is 8.57. The first kappa shape index (κ1) is 8.89. The van der Waals surface area contributed by atoms with Crippen molar-refractivity contribution in [3.8, 4) is 0 Å². The van der Waals surface area contributed by atoms with Crippen LogP contribution in [0.3, 0.4) is 0 Å². The van der Waals surface area contributed by atoms with Crippen LogP contribution in [0.15, 0.2) is 0 Å². The van der Waals surface area contributed by atoms with Crippen molar-refractivity contribution in [1.29, 1.82) is 0 Å². The molecule has 1 heterocycles. The molecular formula is C10H18OS. The fourth-order valence-corrected chi connectivity index (χ4v) is 3.33. The van der Waals surface area contributed by atoms with E-state index in [2.05, 4.69) is 6.92 Å². The van der Waals surface area contributed by atoms with Crippen molar-refractivity contribution in [1.82, 2.24) is 0 Å². The Labute approximate surface area is 78.9 Å². The topological polar surface area (TPSA) is 20.2 Å². The summed E-state index contributed by atoms with van der Waals surface area (Å²) < 4.78 is 0. The van der Waals surface area contributed by atoms with Gasteiger partial charge in [0.15, 0.2) is 0 Å². The largest absolute Gasteiger partial charge is 0.389 e. The van der Waals surface area contributed by atoms with Gasteiger partial charge in [0.25, 0.3) is 0 Å². The number of rotatable bonds is 3. The lowest BCUT2D eigenvalue weighted by Gasteiger charge is -2.26. The van der Waals surface area contributed by atoms with Gasteiger partial charge in [0.2, 0.25) is 0 Å². The third kappa shape index (κ3) is 1.80. The Bertz CT molecular complexity index is 167. The highest BCUT2D eigenvalue weighted by atomic mass is 32.2. The molecule has 70 valence electrons. The molecule has 1 aliphatic heterocycles. The molecular weight excluding hydrogens is 168 g/mol. The molecule has 1 N–H and O–H groups in total. The van der Waals surface area contributed by atoms with Crippen LogP contribution in [-0.2, 0) is 0 Å². The molecule has 0 bridgehead atoms. The molecule has 0 spiro atoms. The second kappa shape index (κ2) is 3.22. The molecule has 0 aromatic rings. The van der Waals surface area contributed by atoms with Crippen LogP contribution in [0, 0.1) is 5.92 Å².